The number of carbonyl (C=O) groups excluding carboxylic acids is 1. The first kappa shape index (κ1) is 18.1. The smallest absolute Gasteiger partial charge is 0.413 e. The molecule has 0 fully saturated rings. The van der Waals surface area contributed by atoms with Gasteiger partial charge in [-0.15, -0.1) is 0 Å². The van der Waals surface area contributed by atoms with E-state index in [1.807, 2.05) is 0 Å². The van der Waals surface area contributed by atoms with E-state index in [0.29, 0.717) is 0 Å². The Kier molecular flexibility index (Phi) is 5.84. The molecule has 0 unspecified atom stereocenters. The third-order valence-corrected chi connectivity index (χ3v) is 3.15. The lowest BCUT2D eigenvalue weighted by atomic mass is 10.2. The van der Waals surface area contributed by atoms with Crippen molar-refractivity contribution in [3.8, 4) is 0 Å². The van der Waals surface area contributed by atoms with E-state index < -0.39 is 11.7 Å². The molecule has 2 rings (SSSR count). The number of benzene rings is 1. The zero-order valence-corrected chi connectivity index (χ0v) is 13.9. The fourth-order valence-corrected chi connectivity index (χ4v) is 2.00. The molecular formula is C14H15FN6O3S. The van der Waals surface area contributed by atoms with Gasteiger partial charge in [0, 0.05) is 6.54 Å². The molecule has 11 heteroatoms. The predicted molar refractivity (Wildman–Crippen MR) is 94.8 cm³/mol. The Morgan fingerprint density at radius 3 is 2.72 bits per heavy atom. The fraction of sp³-hybridized carbons (Fsp3) is 0.143. The number of hydrogen-bond donors (Lipinski definition) is 5. The SMILES string of the molecule is COC(=O)NC(=S)Nc1c(NCc2ccc(F)cc2)nc(N)[nH]c1=O. The van der Waals surface area contributed by atoms with E-state index in [1.54, 1.807) is 12.1 Å². The first-order valence-electron chi connectivity index (χ1n) is 6.93. The average Bonchev–Trinajstić information content (AvgIpc) is 2.56. The molecule has 2 aromatic rings. The summed E-state index contributed by atoms with van der Waals surface area (Å²) in [5.74, 6) is -0.354. The maximum absolute atomic E-state index is 12.9. The topological polar surface area (TPSA) is 134 Å². The van der Waals surface area contributed by atoms with E-state index in [4.69, 9.17) is 18.0 Å². The van der Waals surface area contributed by atoms with Gasteiger partial charge < -0.3 is 21.1 Å². The number of ether oxygens (including phenoxy) is 1. The van der Waals surface area contributed by atoms with Crippen molar-refractivity contribution in [1.29, 1.82) is 0 Å². The van der Waals surface area contributed by atoms with Gasteiger partial charge in [0.05, 0.1) is 7.11 Å². The van der Waals surface area contributed by atoms with Crippen LogP contribution in [0.3, 0.4) is 0 Å². The number of rotatable bonds is 4. The van der Waals surface area contributed by atoms with E-state index in [-0.39, 0.29) is 34.9 Å². The number of nitrogens with one attached hydrogen (secondary N) is 4. The molecule has 0 bridgehead atoms. The summed E-state index contributed by atoms with van der Waals surface area (Å²) in [4.78, 5) is 29.5. The van der Waals surface area contributed by atoms with Crippen LogP contribution in [0, 0.1) is 5.82 Å². The van der Waals surface area contributed by atoms with Gasteiger partial charge in [-0.25, -0.2) is 9.18 Å². The first-order valence-corrected chi connectivity index (χ1v) is 7.34. The lowest BCUT2D eigenvalue weighted by Gasteiger charge is -2.13. The molecule has 0 aliphatic carbocycles. The minimum absolute atomic E-state index is 0.0438. The molecule has 0 aliphatic rings. The Morgan fingerprint density at radius 1 is 1.40 bits per heavy atom. The van der Waals surface area contributed by atoms with Crippen molar-refractivity contribution in [3.05, 3.63) is 46.0 Å². The van der Waals surface area contributed by atoms with Crippen molar-refractivity contribution in [2.75, 3.05) is 23.5 Å². The van der Waals surface area contributed by atoms with E-state index in [9.17, 15) is 14.0 Å². The molecule has 1 aromatic heterocycles. The average molecular weight is 366 g/mol. The van der Waals surface area contributed by atoms with Gasteiger partial charge >= 0.3 is 6.09 Å². The van der Waals surface area contributed by atoms with Crippen LogP contribution in [0.1, 0.15) is 5.56 Å². The van der Waals surface area contributed by atoms with Crippen LogP contribution in [0.5, 0.6) is 0 Å². The second kappa shape index (κ2) is 8.06. The van der Waals surface area contributed by atoms with Gasteiger partial charge in [-0.3, -0.25) is 15.1 Å². The number of nitrogens with zero attached hydrogens (tertiary/aromatic N) is 1. The normalized spacial score (nSPS) is 10.0. The molecule has 1 aromatic carbocycles. The van der Waals surface area contributed by atoms with Crippen LogP contribution in [0.4, 0.5) is 26.6 Å². The van der Waals surface area contributed by atoms with Gasteiger partial charge in [-0.1, -0.05) is 12.1 Å². The molecule has 6 N–H and O–H groups in total. The van der Waals surface area contributed by atoms with Gasteiger partial charge in [0.1, 0.15) is 11.5 Å². The fourth-order valence-electron chi connectivity index (χ4n) is 1.81. The zero-order valence-electron chi connectivity index (χ0n) is 13.1. The van der Waals surface area contributed by atoms with E-state index in [1.165, 1.54) is 19.2 Å². The highest BCUT2D eigenvalue weighted by Gasteiger charge is 2.13. The minimum atomic E-state index is -0.793. The van der Waals surface area contributed by atoms with E-state index in [2.05, 4.69) is 30.7 Å². The summed E-state index contributed by atoms with van der Waals surface area (Å²) in [6, 6.07) is 5.78. The monoisotopic (exact) mass is 366 g/mol. The highest BCUT2D eigenvalue weighted by atomic mass is 32.1. The summed E-state index contributed by atoms with van der Waals surface area (Å²) < 4.78 is 17.3. The Hall–Kier alpha value is -3.21. The molecule has 9 nitrogen and oxygen atoms in total. The number of carbonyl (C=O) groups is 1. The van der Waals surface area contributed by atoms with Gasteiger partial charge in [0.2, 0.25) is 5.95 Å². The minimum Gasteiger partial charge on any atom is -0.453 e. The molecule has 132 valence electrons. The molecular weight excluding hydrogens is 351 g/mol. The van der Waals surface area contributed by atoms with Crippen molar-refractivity contribution in [1.82, 2.24) is 15.3 Å². The molecule has 1 heterocycles. The van der Waals surface area contributed by atoms with Crippen LogP contribution in [0.15, 0.2) is 29.1 Å². The molecule has 1 amide bonds. The number of thiocarbonyl (C=S) groups is 1. The maximum atomic E-state index is 12.9. The third-order valence-electron chi connectivity index (χ3n) is 2.95. The van der Waals surface area contributed by atoms with Crippen LogP contribution in [-0.2, 0) is 11.3 Å². The molecule has 0 saturated carbocycles. The summed E-state index contributed by atoms with van der Waals surface area (Å²) in [5, 5.41) is 7.50. The lowest BCUT2D eigenvalue weighted by Crippen LogP contribution is -2.36. The Bertz CT molecular complexity index is 839. The quantitative estimate of drug-likeness (QED) is 0.509. The number of aromatic nitrogens is 2. The van der Waals surface area contributed by atoms with Crippen molar-refractivity contribution in [2.24, 2.45) is 0 Å². The van der Waals surface area contributed by atoms with Crippen LogP contribution in [-0.4, -0.2) is 28.3 Å². The van der Waals surface area contributed by atoms with Crippen LogP contribution in [0.2, 0.25) is 0 Å². The number of H-pyrrole nitrogens is 1. The molecule has 0 spiro atoms. The number of amides is 1. The van der Waals surface area contributed by atoms with Crippen molar-refractivity contribution >= 4 is 40.9 Å². The van der Waals surface area contributed by atoms with Crippen molar-refractivity contribution in [2.45, 2.75) is 6.54 Å². The van der Waals surface area contributed by atoms with Crippen molar-refractivity contribution < 1.29 is 13.9 Å². The lowest BCUT2D eigenvalue weighted by molar-refractivity contribution is 0.177. The second-order valence-electron chi connectivity index (χ2n) is 4.73. The molecule has 0 saturated heterocycles. The Labute approximate surface area is 146 Å². The van der Waals surface area contributed by atoms with E-state index >= 15 is 0 Å². The molecule has 0 radical (unpaired) electrons. The standard InChI is InChI=1S/C14H15FN6O3S/c1-24-14(23)21-13(25)18-9-10(19-12(16)20-11(9)22)17-6-7-2-4-8(15)5-3-7/h2-5H,6H2,1H3,(H2,18,21,23,25)(H4,16,17,19,20,22). The second-order valence-corrected chi connectivity index (χ2v) is 5.13. The maximum Gasteiger partial charge on any atom is 0.413 e. The molecule has 0 aliphatic heterocycles. The van der Waals surface area contributed by atoms with Gasteiger partial charge in [0.25, 0.3) is 5.56 Å². The predicted octanol–water partition coefficient (Wildman–Crippen LogP) is 1.16. The zero-order chi connectivity index (χ0) is 18.4. The van der Waals surface area contributed by atoms with Crippen LogP contribution < -0.4 is 27.2 Å². The summed E-state index contributed by atoms with van der Waals surface area (Å²) in [5.41, 5.74) is 5.66. The highest BCUT2D eigenvalue weighted by Crippen LogP contribution is 2.16. The number of methoxy groups -OCH3 is 1. The van der Waals surface area contributed by atoms with E-state index in [0.717, 1.165) is 5.56 Å². The number of halogens is 1. The summed E-state index contributed by atoms with van der Waals surface area (Å²) in [6.07, 6.45) is -0.793. The Morgan fingerprint density at radius 2 is 2.08 bits per heavy atom. The van der Waals surface area contributed by atoms with Gasteiger partial charge in [0.15, 0.2) is 10.9 Å². The van der Waals surface area contributed by atoms with Gasteiger partial charge in [-0.2, -0.15) is 4.98 Å². The molecule has 25 heavy (non-hydrogen) atoms. The number of aromatic amines is 1. The van der Waals surface area contributed by atoms with Crippen LogP contribution in [0.25, 0.3) is 0 Å². The summed E-state index contributed by atoms with van der Waals surface area (Å²) in [7, 11) is 1.17. The van der Waals surface area contributed by atoms with Gasteiger partial charge in [-0.05, 0) is 29.9 Å². The van der Waals surface area contributed by atoms with Crippen LogP contribution >= 0.6 is 12.2 Å². The number of anilines is 3. The highest BCUT2D eigenvalue weighted by molar-refractivity contribution is 7.80. The number of hydrogen-bond acceptors (Lipinski definition) is 7. The van der Waals surface area contributed by atoms with Crippen molar-refractivity contribution in [3.63, 3.8) is 0 Å². The largest absolute Gasteiger partial charge is 0.453 e. The number of alkyl carbamates (subject to hydrolysis) is 1. The third kappa shape index (κ3) is 5.14. The summed E-state index contributed by atoms with van der Waals surface area (Å²) in [6.45, 7) is 0.252. The molecule has 0 atom stereocenters. The first-order chi connectivity index (χ1) is 11.9. The number of nitrogens with two attached hydrogens (primary N) is 1. The summed E-state index contributed by atoms with van der Waals surface area (Å²) >= 11 is 4.92. The Balaban J connectivity index is 2.18. The number of nitrogen functional groups attached to an aromatic ring is 1.